The Labute approximate surface area is 116 Å². The molecule has 1 rings (SSSR count). The molecule has 0 radical (unpaired) electrons. The summed E-state index contributed by atoms with van der Waals surface area (Å²) < 4.78 is 0.941. The van der Waals surface area contributed by atoms with Crippen molar-refractivity contribution in [3.63, 3.8) is 0 Å². The van der Waals surface area contributed by atoms with E-state index in [1.165, 1.54) is 5.56 Å². The Morgan fingerprint density at radius 2 is 1.56 bits per heavy atom. The van der Waals surface area contributed by atoms with Crippen LogP contribution in [0.2, 0.25) is 0 Å². The van der Waals surface area contributed by atoms with Gasteiger partial charge in [-0.1, -0.05) is 43.5 Å². The van der Waals surface area contributed by atoms with E-state index < -0.39 is 0 Å². The first-order valence-corrected chi connectivity index (χ1v) is 5.29. The molecule has 0 N–H and O–H groups in total. The molecule has 1 aromatic rings. The topological polar surface area (TPSA) is 0 Å². The average Bonchev–Trinajstić information content (AvgIpc) is 2.19. The molecule has 0 aliphatic carbocycles. The van der Waals surface area contributed by atoms with Gasteiger partial charge in [-0.25, -0.2) is 0 Å². The standard InChI is InChI=1S/C14H20N.HI/c1-4-11-15(3,12-5-2)13-14-9-7-6-8-10-14;/h4-10H,1-2,11-13H2,3H3;1H/q+1;/p-1. The van der Waals surface area contributed by atoms with Gasteiger partial charge in [0, 0.05) is 5.56 Å². The predicted octanol–water partition coefficient (Wildman–Crippen LogP) is 0.00920. The van der Waals surface area contributed by atoms with Crippen LogP contribution in [0.25, 0.3) is 0 Å². The maximum Gasteiger partial charge on any atom is 0.105 e. The molecule has 0 bridgehead atoms. The minimum atomic E-state index is 0. The summed E-state index contributed by atoms with van der Waals surface area (Å²) in [6, 6.07) is 10.6. The summed E-state index contributed by atoms with van der Waals surface area (Å²) in [4.78, 5) is 0. The smallest absolute Gasteiger partial charge is 0.105 e. The van der Waals surface area contributed by atoms with Crippen LogP contribution in [0.5, 0.6) is 0 Å². The number of nitrogens with zero attached hydrogens (tertiary/aromatic N) is 1. The van der Waals surface area contributed by atoms with Crippen LogP contribution in [0.4, 0.5) is 0 Å². The monoisotopic (exact) mass is 329 g/mol. The van der Waals surface area contributed by atoms with Crippen LogP contribution in [-0.2, 0) is 6.54 Å². The highest BCUT2D eigenvalue weighted by molar-refractivity contribution is 5.13. The number of hydrogen-bond donors (Lipinski definition) is 0. The molecule has 0 saturated heterocycles. The van der Waals surface area contributed by atoms with Crippen LogP contribution in [0.3, 0.4) is 0 Å². The van der Waals surface area contributed by atoms with E-state index in [1.807, 2.05) is 12.2 Å². The van der Waals surface area contributed by atoms with Crippen LogP contribution in [-0.4, -0.2) is 24.6 Å². The lowest BCUT2D eigenvalue weighted by atomic mass is 10.2. The molecule has 0 heterocycles. The Morgan fingerprint density at radius 3 is 2.00 bits per heavy atom. The normalized spacial score (nSPS) is 10.3. The predicted molar refractivity (Wildman–Crippen MR) is 66.5 cm³/mol. The van der Waals surface area contributed by atoms with Gasteiger partial charge in [0.15, 0.2) is 0 Å². The average molecular weight is 329 g/mol. The van der Waals surface area contributed by atoms with Crippen molar-refractivity contribution in [1.29, 1.82) is 0 Å². The van der Waals surface area contributed by atoms with E-state index in [1.54, 1.807) is 0 Å². The highest BCUT2D eigenvalue weighted by Crippen LogP contribution is 2.11. The van der Waals surface area contributed by atoms with E-state index in [0.29, 0.717) is 0 Å². The van der Waals surface area contributed by atoms with Crippen molar-refractivity contribution in [2.45, 2.75) is 6.54 Å². The summed E-state index contributed by atoms with van der Waals surface area (Å²) in [7, 11) is 2.23. The third kappa shape index (κ3) is 4.94. The quantitative estimate of drug-likeness (QED) is 0.392. The molecule has 2 heteroatoms. The maximum atomic E-state index is 3.82. The summed E-state index contributed by atoms with van der Waals surface area (Å²) in [5.41, 5.74) is 1.36. The summed E-state index contributed by atoms with van der Waals surface area (Å²) in [6.45, 7) is 10.6. The minimum absolute atomic E-state index is 0. The molecule has 0 fully saturated rings. The van der Waals surface area contributed by atoms with E-state index in [-0.39, 0.29) is 24.0 Å². The molecule has 0 aliphatic heterocycles. The molecule has 1 nitrogen and oxygen atoms in total. The Balaban J connectivity index is 0.00000225. The Morgan fingerprint density at radius 1 is 1.06 bits per heavy atom. The van der Waals surface area contributed by atoms with Gasteiger partial charge in [-0.15, -0.1) is 0 Å². The Kier molecular flexibility index (Phi) is 7.34. The third-order valence-corrected chi connectivity index (χ3v) is 2.55. The fourth-order valence-corrected chi connectivity index (χ4v) is 1.85. The molecule has 0 aromatic heterocycles. The number of likely N-dealkylation sites (N-methyl/N-ethyl adjacent to an activating group) is 1. The van der Waals surface area contributed by atoms with Crippen molar-refractivity contribution in [1.82, 2.24) is 0 Å². The van der Waals surface area contributed by atoms with Crippen LogP contribution in [0, 0.1) is 0 Å². The van der Waals surface area contributed by atoms with Gasteiger partial charge in [-0.05, 0) is 12.2 Å². The largest absolute Gasteiger partial charge is 1.00 e. The molecule has 0 aliphatic rings. The SMILES string of the molecule is C=CC[N+](C)(CC=C)Cc1ccccc1.[I-]. The molecular weight excluding hydrogens is 309 g/mol. The van der Waals surface area contributed by atoms with Gasteiger partial charge in [0.2, 0.25) is 0 Å². The first-order chi connectivity index (χ1) is 7.20. The fraction of sp³-hybridized carbons (Fsp3) is 0.286. The number of halogens is 1. The van der Waals surface area contributed by atoms with E-state index in [0.717, 1.165) is 24.1 Å². The van der Waals surface area contributed by atoms with Gasteiger partial charge in [-0.3, -0.25) is 0 Å². The van der Waals surface area contributed by atoms with Gasteiger partial charge in [-0.2, -0.15) is 0 Å². The van der Waals surface area contributed by atoms with E-state index in [4.69, 9.17) is 0 Å². The highest BCUT2D eigenvalue weighted by Gasteiger charge is 2.18. The lowest BCUT2D eigenvalue weighted by Crippen LogP contribution is -3.00. The number of rotatable bonds is 6. The highest BCUT2D eigenvalue weighted by atomic mass is 127. The zero-order chi connectivity index (χ0) is 11.1. The van der Waals surface area contributed by atoms with Crippen LogP contribution >= 0.6 is 0 Å². The summed E-state index contributed by atoms with van der Waals surface area (Å²) in [5, 5.41) is 0. The second-order valence-corrected chi connectivity index (χ2v) is 4.21. The fourth-order valence-electron chi connectivity index (χ4n) is 1.85. The molecule has 0 spiro atoms. The zero-order valence-corrected chi connectivity index (χ0v) is 12.1. The lowest BCUT2D eigenvalue weighted by molar-refractivity contribution is -0.911. The second-order valence-electron chi connectivity index (χ2n) is 4.21. The number of quaternary nitrogens is 1. The Hall–Kier alpha value is -0.610. The first kappa shape index (κ1) is 15.4. The second kappa shape index (κ2) is 7.63. The molecule has 0 saturated carbocycles. The molecule has 16 heavy (non-hydrogen) atoms. The first-order valence-electron chi connectivity index (χ1n) is 5.29. The van der Waals surface area contributed by atoms with Gasteiger partial charge in [0.05, 0.1) is 20.1 Å². The molecular formula is C14H20IN. The van der Waals surface area contributed by atoms with Crippen molar-refractivity contribution in [2.24, 2.45) is 0 Å². The lowest BCUT2D eigenvalue weighted by Gasteiger charge is -2.32. The summed E-state index contributed by atoms with van der Waals surface area (Å²) in [6.07, 6.45) is 3.96. The zero-order valence-electron chi connectivity index (χ0n) is 9.90. The molecule has 0 atom stereocenters. The third-order valence-electron chi connectivity index (χ3n) is 2.55. The van der Waals surface area contributed by atoms with Crippen LogP contribution in [0.15, 0.2) is 55.6 Å². The molecule has 0 amide bonds. The van der Waals surface area contributed by atoms with E-state index in [2.05, 4.69) is 50.5 Å². The van der Waals surface area contributed by atoms with Crippen molar-refractivity contribution < 1.29 is 28.5 Å². The van der Waals surface area contributed by atoms with Crippen molar-refractivity contribution in [3.8, 4) is 0 Å². The van der Waals surface area contributed by atoms with Crippen molar-refractivity contribution >= 4 is 0 Å². The van der Waals surface area contributed by atoms with Crippen LogP contribution in [0.1, 0.15) is 5.56 Å². The van der Waals surface area contributed by atoms with Gasteiger partial charge >= 0.3 is 0 Å². The summed E-state index contributed by atoms with van der Waals surface area (Å²) in [5.74, 6) is 0. The van der Waals surface area contributed by atoms with Gasteiger partial charge < -0.3 is 28.5 Å². The van der Waals surface area contributed by atoms with Crippen LogP contribution < -0.4 is 24.0 Å². The minimum Gasteiger partial charge on any atom is -1.00 e. The van der Waals surface area contributed by atoms with Gasteiger partial charge in [0.25, 0.3) is 0 Å². The number of benzene rings is 1. The molecule has 0 unspecified atom stereocenters. The Bertz CT molecular complexity index is 309. The molecule has 88 valence electrons. The van der Waals surface area contributed by atoms with Gasteiger partial charge in [0.1, 0.15) is 6.54 Å². The molecule has 1 aromatic carbocycles. The van der Waals surface area contributed by atoms with Crippen molar-refractivity contribution in [2.75, 3.05) is 20.1 Å². The van der Waals surface area contributed by atoms with E-state index >= 15 is 0 Å². The maximum absolute atomic E-state index is 3.82. The number of hydrogen-bond acceptors (Lipinski definition) is 0. The van der Waals surface area contributed by atoms with Crippen molar-refractivity contribution in [3.05, 3.63) is 61.2 Å². The van der Waals surface area contributed by atoms with E-state index in [9.17, 15) is 0 Å². The summed E-state index contributed by atoms with van der Waals surface area (Å²) >= 11 is 0.